The molecule has 0 spiro atoms. The van der Waals surface area contributed by atoms with E-state index in [9.17, 15) is 4.79 Å². The highest BCUT2D eigenvalue weighted by Crippen LogP contribution is 2.25. The molecule has 2 aromatic rings. The van der Waals surface area contributed by atoms with E-state index in [0.717, 1.165) is 28.2 Å². The molecule has 22 heavy (non-hydrogen) atoms. The number of hydrogen-bond acceptors (Lipinski definition) is 4. The van der Waals surface area contributed by atoms with Crippen molar-refractivity contribution >= 4 is 12.1 Å². The van der Waals surface area contributed by atoms with Gasteiger partial charge in [-0.25, -0.2) is 5.43 Å². The molecule has 0 unspecified atom stereocenters. The summed E-state index contributed by atoms with van der Waals surface area (Å²) in [5.41, 5.74) is 5.59. The van der Waals surface area contributed by atoms with Crippen LogP contribution >= 0.6 is 0 Å². The third kappa shape index (κ3) is 3.97. The zero-order valence-corrected chi connectivity index (χ0v) is 13.3. The highest BCUT2D eigenvalue weighted by molar-refractivity contribution is 5.81. The van der Waals surface area contributed by atoms with Crippen LogP contribution in [0.3, 0.4) is 0 Å². The van der Waals surface area contributed by atoms with Crippen molar-refractivity contribution in [2.75, 3.05) is 6.61 Å². The molecule has 0 saturated carbocycles. The number of hydrogen-bond donors (Lipinski definition) is 1. The number of hydrazone groups is 1. The van der Waals surface area contributed by atoms with Crippen molar-refractivity contribution in [3.05, 3.63) is 52.5 Å². The Bertz CT molecular complexity index is 702. The second-order valence-corrected chi connectivity index (χ2v) is 5.18. The molecule has 1 aromatic heterocycles. The van der Waals surface area contributed by atoms with Crippen LogP contribution in [0.5, 0.6) is 5.75 Å². The van der Waals surface area contributed by atoms with E-state index < -0.39 is 0 Å². The Labute approximate surface area is 130 Å². The number of aryl methyl sites for hydroxylation is 3. The minimum Gasteiger partial charge on any atom is -0.483 e. The van der Waals surface area contributed by atoms with E-state index in [0.29, 0.717) is 5.76 Å². The van der Waals surface area contributed by atoms with Crippen LogP contribution in [0.15, 0.2) is 33.8 Å². The Hall–Kier alpha value is -2.56. The Kier molecular flexibility index (Phi) is 4.99. The lowest BCUT2D eigenvalue weighted by Gasteiger charge is -2.13. The third-order valence-corrected chi connectivity index (χ3v) is 3.36. The Morgan fingerprint density at radius 3 is 2.59 bits per heavy atom. The Morgan fingerprint density at radius 2 is 1.91 bits per heavy atom. The molecular weight excluding hydrogens is 280 g/mol. The topological polar surface area (TPSA) is 63.8 Å². The highest BCUT2D eigenvalue weighted by Gasteiger charge is 2.08. The molecule has 0 aliphatic carbocycles. The number of carbonyl (C=O) groups is 1. The van der Waals surface area contributed by atoms with Gasteiger partial charge in [-0.2, -0.15) is 5.10 Å². The summed E-state index contributed by atoms with van der Waals surface area (Å²) in [6, 6.07) is 7.62. The second kappa shape index (κ2) is 6.93. The molecule has 1 heterocycles. The summed E-state index contributed by atoms with van der Waals surface area (Å²) in [4.78, 5) is 11.7. The number of carbonyl (C=O) groups excluding carboxylic acids is 1. The van der Waals surface area contributed by atoms with Crippen LogP contribution in [-0.2, 0) is 4.79 Å². The molecule has 1 N–H and O–H groups in total. The van der Waals surface area contributed by atoms with Crippen molar-refractivity contribution in [2.24, 2.45) is 5.10 Å². The van der Waals surface area contributed by atoms with Gasteiger partial charge < -0.3 is 9.15 Å². The van der Waals surface area contributed by atoms with Crippen LogP contribution in [0.1, 0.15) is 28.2 Å². The first kappa shape index (κ1) is 15.8. The highest BCUT2D eigenvalue weighted by atomic mass is 16.5. The number of benzene rings is 1. The van der Waals surface area contributed by atoms with Gasteiger partial charge in [-0.05, 0) is 56.5 Å². The SMILES string of the molecule is Cc1ccc(C=NNC(=O)COc2c(C)ccc(C)c2C)o1. The molecule has 1 aromatic carbocycles. The first-order chi connectivity index (χ1) is 10.5. The van der Waals surface area contributed by atoms with Crippen molar-refractivity contribution < 1.29 is 13.9 Å². The number of furan rings is 1. The van der Waals surface area contributed by atoms with Gasteiger partial charge in [0.2, 0.25) is 0 Å². The first-order valence-electron chi connectivity index (χ1n) is 7.05. The van der Waals surface area contributed by atoms with E-state index >= 15 is 0 Å². The van der Waals surface area contributed by atoms with Crippen LogP contribution in [-0.4, -0.2) is 18.7 Å². The summed E-state index contributed by atoms with van der Waals surface area (Å²) in [5.74, 6) is 1.81. The van der Waals surface area contributed by atoms with Crippen LogP contribution in [0, 0.1) is 27.7 Å². The normalized spacial score (nSPS) is 10.9. The molecule has 0 fully saturated rings. The lowest BCUT2D eigenvalue weighted by Crippen LogP contribution is -2.25. The van der Waals surface area contributed by atoms with Crippen molar-refractivity contribution in [2.45, 2.75) is 27.7 Å². The quantitative estimate of drug-likeness (QED) is 0.682. The summed E-state index contributed by atoms with van der Waals surface area (Å²) >= 11 is 0. The number of ether oxygens (including phenoxy) is 1. The molecule has 5 heteroatoms. The molecular formula is C17H20N2O3. The van der Waals surface area contributed by atoms with Gasteiger partial charge in [-0.3, -0.25) is 4.79 Å². The van der Waals surface area contributed by atoms with E-state index in [1.165, 1.54) is 6.21 Å². The van der Waals surface area contributed by atoms with Gasteiger partial charge in [-0.15, -0.1) is 0 Å². The average Bonchev–Trinajstić information content (AvgIpc) is 2.89. The third-order valence-electron chi connectivity index (χ3n) is 3.36. The van der Waals surface area contributed by atoms with Gasteiger partial charge in [0.15, 0.2) is 6.61 Å². The standard InChI is InChI=1S/C17H20N2O3/c1-11-5-6-12(2)17(14(11)4)21-10-16(20)19-18-9-15-8-7-13(3)22-15/h5-9H,10H2,1-4H3,(H,19,20). The van der Waals surface area contributed by atoms with E-state index in [1.54, 1.807) is 6.07 Å². The fourth-order valence-electron chi connectivity index (χ4n) is 2.01. The van der Waals surface area contributed by atoms with Gasteiger partial charge in [0.05, 0.1) is 6.21 Å². The predicted octanol–water partition coefficient (Wildman–Crippen LogP) is 3.04. The number of amides is 1. The minimum absolute atomic E-state index is 0.0837. The fourth-order valence-corrected chi connectivity index (χ4v) is 2.01. The van der Waals surface area contributed by atoms with Gasteiger partial charge in [0.25, 0.3) is 5.91 Å². The number of rotatable bonds is 5. The molecule has 116 valence electrons. The first-order valence-corrected chi connectivity index (χ1v) is 7.05. The summed E-state index contributed by atoms with van der Waals surface area (Å²) in [6.45, 7) is 7.71. The van der Waals surface area contributed by atoms with Gasteiger partial charge in [-0.1, -0.05) is 12.1 Å². The van der Waals surface area contributed by atoms with Crippen molar-refractivity contribution in [3.63, 3.8) is 0 Å². The fraction of sp³-hybridized carbons (Fsp3) is 0.294. The van der Waals surface area contributed by atoms with Crippen LogP contribution in [0.25, 0.3) is 0 Å². The molecule has 0 atom stereocenters. The van der Waals surface area contributed by atoms with E-state index in [4.69, 9.17) is 9.15 Å². The van der Waals surface area contributed by atoms with Crippen LogP contribution in [0.4, 0.5) is 0 Å². The maximum Gasteiger partial charge on any atom is 0.277 e. The molecule has 2 rings (SSSR count). The van der Waals surface area contributed by atoms with E-state index in [-0.39, 0.29) is 12.5 Å². The minimum atomic E-state index is -0.320. The van der Waals surface area contributed by atoms with E-state index in [2.05, 4.69) is 10.5 Å². The van der Waals surface area contributed by atoms with Crippen molar-refractivity contribution in [3.8, 4) is 5.75 Å². The largest absolute Gasteiger partial charge is 0.483 e. The summed E-state index contributed by atoms with van der Waals surface area (Å²) in [5, 5.41) is 3.83. The number of nitrogens with one attached hydrogen (secondary N) is 1. The Morgan fingerprint density at radius 1 is 1.18 bits per heavy atom. The van der Waals surface area contributed by atoms with Crippen LogP contribution in [0.2, 0.25) is 0 Å². The molecule has 0 radical (unpaired) electrons. The zero-order valence-electron chi connectivity index (χ0n) is 13.3. The molecule has 0 aliphatic rings. The molecule has 0 saturated heterocycles. The summed E-state index contributed by atoms with van der Waals surface area (Å²) in [7, 11) is 0. The van der Waals surface area contributed by atoms with E-state index in [1.807, 2.05) is 45.9 Å². The second-order valence-electron chi connectivity index (χ2n) is 5.18. The maximum absolute atomic E-state index is 11.7. The van der Waals surface area contributed by atoms with Crippen molar-refractivity contribution in [1.29, 1.82) is 0 Å². The monoisotopic (exact) mass is 300 g/mol. The molecule has 0 bridgehead atoms. The van der Waals surface area contributed by atoms with Gasteiger partial charge in [0.1, 0.15) is 17.3 Å². The number of nitrogens with zero attached hydrogens (tertiary/aromatic N) is 1. The summed E-state index contributed by atoms with van der Waals surface area (Å²) in [6.07, 6.45) is 1.45. The average molecular weight is 300 g/mol. The van der Waals surface area contributed by atoms with Gasteiger partial charge >= 0.3 is 0 Å². The molecule has 0 aliphatic heterocycles. The maximum atomic E-state index is 11.7. The molecule has 1 amide bonds. The van der Waals surface area contributed by atoms with Gasteiger partial charge in [0, 0.05) is 0 Å². The lowest BCUT2D eigenvalue weighted by molar-refractivity contribution is -0.123. The summed E-state index contributed by atoms with van der Waals surface area (Å²) < 4.78 is 10.9. The zero-order chi connectivity index (χ0) is 16.1. The smallest absolute Gasteiger partial charge is 0.277 e. The van der Waals surface area contributed by atoms with Crippen molar-refractivity contribution in [1.82, 2.24) is 5.43 Å². The predicted molar refractivity (Wildman–Crippen MR) is 85.3 cm³/mol. The molecule has 5 nitrogen and oxygen atoms in total. The lowest BCUT2D eigenvalue weighted by atomic mass is 10.1. The van der Waals surface area contributed by atoms with Crippen LogP contribution < -0.4 is 10.2 Å². The Balaban J connectivity index is 1.88.